The number of rotatable bonds is 2. The second-order valence-electron chi connectivity index (χ2n) is 5.18. The van der Waals surface area contributed by atoms with Crippen molar-refractivity contribution in [3.05, 3.63) is 17.6 Å². The second kappa shape index (κ2) is 5.55. The lowest BCUT2D eigenvalue weighted by Gasteiger charge is -2.40. The van der Waals surface area contributed by atoms with E-state index in [9.17, 15) is 4.79 Å². The van der Waals surface area contributed by atoms with Gasteiger partial charge in [-0.05, 0) is 40.0 Å². The molecule has 1 aliphatic rings. The van der Waals surface area contributed by atoms with E-state index < -0.39 is 0 Å². The third-order valence-electron chi connectivity index (χ3n) is 3.73. The molecule has 0 aromatic carbocycles. The van der Waals surface area contributed by atoms with Crippen LogP contribution in [0.4, 0.5) is 5.82 Å². The molecule has 0 amide bonds. The van der Waals surface area contributed by atoms with Crippen LogP contribution in [-0.4, -0.2) is 35.1 Å². The van der Waals surface area contributed by atoms with E-state index in [1.807, 2.05) is 6.92 Å². The number of anilines is 1. The van der Waals surface area contributed by atoms with Crippen LogP contribution in [0.25, 0.3) is 0 Å². The number of hydrogen-bond acceptors (Lipinski definition) is 5. The van der Waals surface area contributed by atoms with E-state index >= 15 is 0 Å². The summed E-state index contributed by atoms with van der Waals surface area (Å²) in [6.07, 6.45) is 5.02. The van der Waals surface area contributed by atoms with Gasteiger partial charge < -0.3 is 9.64 Å². The van der Waals surface area contributed by atoms with E-state index in [1.54, 1.807) is 6.20 Å². The van der Waals surface area contributed by atoms with Crippen molar-refractivity contribution in [1.82, 2.24) is 9.97 Å². The van der Waals surface area contributed by atoms with Crippen molar-refractivity contribution in [1.29, 1.82) is 0 Å². The lowest BCUT2D eigenvalue weighted by Crippen LogP contribution is -2.45. The molecule has 1 aromatic rings. The molecule has 0 saturated carbocycles. The lowest BCUT2D eigenvalue weighted by atomic mass is 9.97. The minimum absolute atomic E-state index is 0.375. The van der Waals surface area contributed by atoms with Gasteiger partial charge in [-0.25, -0.2) is 14.8 Å². The predicted molar refractivity (Wildman–Crippen MR) is 73.4 cm³/mol. The minimum Gasteiger partial charge on any atom is -0.465 e. The molecule has 5 heteroatoms. The molecular weight excluding hydrogens is 242 g/mol. The van der Waals surface area contributed by atoms with Crippen LogP contribution in [0.2, 0.25) is 0 Å². The molecule has 1 saturated heterocycles. The van der Waals surface area contributed by atoms with Crippen molar-refractivity contribution < 1.29 is 9.53 Å². The fraction of sp³-hybridized carbons (Fsp3) is 0.643. The summed E-state index contributed by atoms with van der Waals surface area (Å²) in [6.45, 7) is 6.19. The van der Waals surface area contributed by atoms with E-state index in [0.29, 0.717) is 29.3 Å². The first-order valence-corrected chi connectivity index (χ1v) is 6.75. The Kier molecular flexibility index (Phi) is 4.02. The number of aryl methyl sites for hydroxylation is 1. The lowest BCUT2D eigenvalue weighted by molar-refractivity contribution is 0.0600. The van der Waals surface area contributed by atoms with Gasteiger partial charge in [0, 0.05) is 18.3 Å². The van der Waals surface area contributed by atoms with Gasteiger partial charge in [0.15, 0.2) is 0 Å². The van der Waals surface area contributed by atoms with Gasteiger partial charge in [0.25, 0.3) is 0 Å². The highest BCUT2D eigenvalue weighted by molar-refractivity contribution is 5.94. The zero-order chi connectivity index (χ0) is 14.0. The van der Waals surface area contributed by atoms with Gasteiger partial charge >= 0.3 is 5.97 Å². The van der Waals surface area contributed by atoms with Crippen molar-refractivity contribution in [3.63, 3.8) is 0 Å². The summed E-state index contributed by atoms with van der Waals surface area (Å²) in [7, 11) is 1.38. The Morgan fingerprint density at radius 1 is 1.37 bits per heavy atom. The van der Waals surface area contributed by atoms with E-state index in [2.05, 4.69) is 28.7 Å². The fourth-order valence-corrected chi connectivity index (χ4v) is 2.75. The normalized spacial score (nSPS) is 23.3. The van der Waals surface area contributed by atoms with E-state index in [4.69, 9.17) is 4.74 Å². The van der Waals surface area contributed by atoms with Crippen molar-refractivity contribution in [3.8, 4) is 0 Å². The number of hydrogen-bond donors (Lipinski definition) is 0. The number of esters is 1. The van der Waals surface area contributed by atoms with Crippen molar-refractivity contribution in [2.45, 2.75) is 52.1 Å². The summed E-state index contributed by atoms with van der Waals surface area (Å²) in [5.41, 5.74) is 0.452. The van der Waals surface area contributed by atoms with Gasteiger partial charge in [-0.2, -0.15) is 0 Å². The maximum atomic E-state index is 11.9. The molecule has 0 spiro atoms. The first-order valence-electron chi connectivity index (χ1n) is 6.75. The largest absolute Gasteiger partial charge is 0.465 e. The van der Waals surface area contributed by atoms with Crippen LogP contribution in [0.1, 0.15) is 49.3 Å². The van der Waals surface area contributed by atoms with Crippen LogP contribution in [-0.2, 0) is 4.74 Å². The monoisotopic (exact) mass is 263 g/mol. The second-order valence-corrected chi connectivity index (χ2v) is 5.18. The third-order valence-corrected chi connectivity index (χ3v) is 3.73. The van der Waals surface area contributed by atoms with E-state index in [-0.39, 0.29) is 5.97 Å². The Labute approximate surface area is 114 Å². The summed E-state index contributed by atoms with van der Waals surface area (Å²) in [5, 5.41) is 0. The molecule has 2 heterocycles. The molecule has 1 fully saturated rings. The fourth-order valence-electron chi connectivity index (χ4n) is 2.75. The molecule has 0 unspecified atom stereocenters. The van der Waals surface area contributed by atoms with Crippen LogP contribution in [0.3, 0.4) is 0 Å². The van der Waals surface area contributed by atoms with Crippen LogP contribution in [0.5, 0.6) is 0 Å². The number of piperidine rings is 1. The van der Waals surface area contributed by atoms with Gasteiger partial charge in [-0.1, -0.05) is 0 Å². The van der Waals surface area contributed by atoms with Gasteiger partial charge in [0.05, 0.1) is 7.11 Å². The molecule has 0 bridgehead atoms. The summed E-state index contributed by atoms with van der Waals surface area (Å²) in [5.74, 6) is 1.01. The SMILES string of the molecule is COC(=O)c1cnc(C)nc1N1[C@H](C)CCC[C@@H]1C. The van der Waals surface area contributed by atoms with Gasteiger partial charge in [-0.15, -0.1) is 0 Å². The highest BCUT2D eigenvalue weighted by Crippen LogP contribution is 2.30. The van der Waals surface area contributed by atoms with Crippen molar-refractivity contribution in [2.24, 2.45) is 0 Å². The Bertz CT molecular complexity index is 466. The molecule has 2 atom stereocenters. The Morgan fingerprint density at radius 2 is 2.00 bits per heavy atom. The third kappa shape index (κ3) is 2.69. The van der Waals surface area contributed by atoms with Crippen LogP contribution >= 0.6 is 0 Å². The first-order chi connectivity index (χ1) is 9.04. The average Bonchev–Trinajstić information content (AvgIpc) is 2.38. The summed E-state index contributed by atoms with van der Waals surface area (Å²) >= 11 is 0. The van der Waals surface area contributed by atoms with Crippen LogP contribution in [0.15, 0.2) is 6.20 Å². The number of methoxy groups -OCH3 is 1. The zero-order valence-corrected chi connectivity index (χ0v) is 12.0. The quantitative estimate of drug-likeness (QED) is 0.767. The topological polar surface area (TPSA) is 55.3 Å². The van der Waals surface area contributed by atoms with Gasteiger partial charge in [0.2, 0.25) is 0 Å². The molecule has 1 aromatic heterocycles. The Balaban J connectivity index is 2.46. The molecule has 0 radical (unpaired) electrons. The number of carbonyl (C=O) groups is 1. The standard InChI is InChI=1S/C14H21N3O2/c1-9-6-5-7-10(2)17(9)13-12(14(18)19-4)8-15-11(3)16-13/h8-10H,5-7H2,1-4H3/t9-,10+. The average molecular weight is 263 g/mol. The molecule has 104 valence electrons. The van der Waals surface area contributed by atoms with Crippen molar-refractivity contribution in [2.75, 3.05) is 12.0 Å². The molecule has 0 aliphatic carbocycles. The molecule has 19 heavy (non-hydrogen) atoms. The summed E-state index contributed by atoms with van der Waals surface area (Å²) in [4.78, 5) is 22.7. The van der Waals surface area contributed by atoms with Crippen molar-refractivity contribution >= 4 is 11.8 Å². The van der Waals surface area contributed by atoms with Crippen LogP contribution < -0.4 is 4.90 Å². The highest BCUT2D eigenvalue weighted by atomic mass is 16.5. The molecule has 0 N–H and O–H groups in total. The smallest absolute Gasteiger partial charge is 0.343 e. The molecular formula is C14H21N3O2. The molecule has 5 nitrogen and oxygen atoms in total. The van der Waals surface area contributed by atoms with Crippen LogP contribution in [0, 0.1) is 6.92 Å². The van der Waals surface area contributed by atoms with E-state index in [1.165, 1.54) is 13.5 Å². The number of ether oxygens (including phenoxy) is 1. The Morgan fingerprint density at radius 3 is 2.58 bits per heavy atom. The molecule has 1 aliphatic heterocycles. The maximum absolute atomic E-state index is 11.9. The van der Waals surface area contributed by atoms with E-state index in [0.717, 1.165) is 12.8 Å². The Hall–Kier alpha value is -1.65. The molecule has 2 rings (SSSR count). The number of carbonyl (C=O) groups excluding carboxylic acids is 1. The number of nitrogens with zero attached hydrogens (tertiary/aromatic N) is 3. The zero-order valence-electron chi connectivity index (χ0n) is 12.0. The van der Waals surface area contributed by atoms with Gasteiger partial charge in [0.1, 0.15) is 17.2 Å². The number of aromatic nitrogens is 2. The van der Waals surface area contributed by atoms with Gasteiger partial charge in [-0.3, -0.25) is 0 Å². The summed E-state index contributed by atoms with van der Waals surface area (Å²) < 4.78 is 4.83. The maximum Gasteiger partial charge on any atom is 0.343 e. The highest BCUT2D eigenvalue weighted by Gasteiger charge is 2.29. The first kappa shape index (κ1) is 13.8. The minimum atomic E-state index is -0.375. The summed E-state index contributed by atoms with van der Waals surface area (Å²) in [6, 6.07) is 0.753. The predicted octanol–water partition coefficient (Wildman–Crippen LogP) is 2.34.